The summed E-state index contributed by atoms with van der Waals surface area (Å²) in [7, 11) is 8.59. The first-order chi connectivity index (χ1) is 25.2. The first kappa shape index (κ1) is 51.1. The number of hydrogen-bond acceptors (Lipinski definition) is 7. The quantitative estimate of drug-likeness (QED) is 0.0267. The summed E-state index contributed by atoms with van der Waals surface area (Å²) in [5.41, 5.74) is 0.389. The van der Waals surface area contributed by atoms with Gasteiger partial charge in [0.25, 0.3) is 0 Å². The van der Waals surface area contributed by atoms with Crippen molar-refractivity contribution in [3.8, 4) is 0 Å². The molecule has 0 bridgehead atoms. The van der Waals surface area contributed by atoms with Crippen LogP contribution in [-0.4, -0.2) is 61.7 Å². The van der Waals surface area contributed by atoms with Gasteiger partial charge in [-0.05, 0) is 83.7 Å². The van der Waals surface area contributed by atoms with Crippen LogP contribution < -0.4 is 0 Å². The fraction of sp³-hybridized carbons (Fsp3) is 0.867. The minimum Gasteiger partial charge on any atom is -0.461 e. The Morgan fingerprint density at radius 3 is 1.54 bits per heavy atom. The molecule has 5 nitrogen and oxygen atoms in total. The first-order valence-corrected chi connectivity index (χ1v) is 24.1. The molecule has 0 saturated heterocycles. The van der Waals surface area contributed by atoms with Gasteiger partial charge in [0.15, 0.2) is 0 Å². The third-order valence-electron chi connectivity index (χ3n) is 9.56. The van der Waals surface area contributed by atoms with Crippen LogP contribution in [-0.2, 0) is 19.1 Å². The Balaban J connectivity index is 4.23. The zero-order chi connectivity index (χ0) is 38.4. The fourth-order valence-corrected chi connectivity index (χ4v) is 9.54. The summed E-state index contributed by atoms with van der Waals surface area (Å²) in [4.78, 5) is 26.4. The summed E-state index contributed by atoms with van der Waals surface area (Å²) >= 11 is 0. The molecule has 0 atom stereocenters. The van der Waals surface area contributed by atoms with Crippen LogP contribution in [0.1, 0.15) is 201 Å². The monoisotopic (exact) mass is 768 g/mol. The predicted octanol–water partition coefficient (Wildman–Crippen LogP) is 14.1. The molecule has 0 fully saturated rings. The minimum absolute atomic E-state index is 0.0541. The van der Waals surface area contributed by atoms with Gasteiger partial charge in [0.2, 0.25) is 0 Å². The third-order valence-corrected chi connectivity index (χ3v) is 12.6. The van der Waals surface area contributed by atoms with Gasteiger partial charge >= 0.3 is 11.9 Å². The Morgan fingerprint density at radius 2 is 1.06 bits per heavy atom. The van der Waals surface area contributed by atoms with E-state index in [1.54, 1.807) is 0 Å². The van der Waals surface area contributed by atoms with E-state index in [2.05, 4.69) is 80.4 Å². The lowest BCUT2D eigenvalue weighted by Gasteiger charge is -2.28. The molecule has 0 aliphatic carbocycles. The molecule has 0 spiro atoms. The summed E-state index contributed by atoms with van der Waals surface area (Å²) in [6.45, 7) is 11.2. The molecule has 0 rings (SSSR count). The second-order valence-corrected chi connectivity index (χ2v) is 18.8. The van der Waals surface area contributed by atoms with Gasteiger partial charge in [-0.2, -0.15) is 0 Å². The molecule has 0 aromatic rings. The second-order valence-electron chi connectivity index (χ2n) is 16.0. The number of nitrogens with zero attached hydrogens (tertiary/aromatic N) is 1. The highest BCUT2D eigenvalue weighted by molar-refractivity contribution is 8.76. The molecule has 0 aliphatic rings. The van der Waals surface area contributed by atoms with E-state index in [4.69, 9.17) is 9.47 Å². The van der Waals surface area contributed by atoms with E-state index in [1.807, 2.05) is 12.2 Å². The Morgan fingerprint density at radius 1 is 0.596 bits per heavy atom. The molecular weight excluding hydrogens is 683 g/mol. The number of hydrogen-bond donors (Lipinski definition) is 0. The van der Waals surface area contributed by atoms with Crippen molar-refractivity contribution in [2.75, 3.05) is 39.6 Å². The van der Waals surface area contributed by atoms with E-state index in [1.165, 1.54) is 128 Å². The molecule has 0 aromatic carbocycles. The largest absolute Gasteiger partial charge is 0.461 e. The standard InChI is InChI=1S/C45H85NO4S2/c1-7-9-11-13-15-23-30-38-49-43(47)35-27-21-17-19-25-33-42(52-51-40-32-29-37-45(3,4)41-46(5)6)34-26-20-18-22-28-36-44(48)50-39-31-24-16-14-12-10-8-2/h23-24,30-31,42H,7-22,25-29,32-41H2,1-6H3/b30-23-,31-24-. The first-order valence-electron chi connectivity index (χ1n) is 21.7. The van der Waals surface area contributed by atoms with Crippen LogP contribution in [0.25, 0.3) is 0 Å². The van der Waals surface area contributed by atoms with E-state index in [0.717, 1.165) is 50.3 Å². The number of carbonyl (C=O) groups excluding carboxylic acids is 2. The van der Waals surface area contributed by atoms with Crippen molar-refractivity contribution in [2.24, 2.45) is 5.41 Å². The highest BCUT2D eigenvalue weighted by Crippen LogP contribution is 2.35. The highest BCUT2D eigenvalue weighted by atomic mass is 33.1. The number of ether oxygens (including phenoxy) is 2. The van der Waals surface area contributed by atoms with Crippen LogP contribution >= 0.6 is 21.6 Å². The van der Waals surface area contributed by atoms with Gasteiger partial charge in [-0.3, -0.25) is 9.59 Å². The van der Waals surface area contributed by atoms with Crippen LogP contribution in [0.15, 0.2) is 24.3 Å². The van der Waals surface area contributed by atoms with Gasteiger partial charge in [0.05, 0.1) is 0 Å². The average molecular weight is 768 g/mol. The van der Waals surface area contributed by atoms with E-state index in [0.29, 0.717) is 31.5 Å². The molecule has 0 N–H and O–H groups in total. The maximum absolute atomic E-state index is 12.1. The van der Waals surface area contributed by atoms with Gasteiger partial charge in [-0.15, -0.1) is 0 Å². The molecule has 0 aliphatic heterocycles. The summed E-state index contributed by atoms with van der Waals surface area (Å²) in [5, 5.41) is 0.722. The molecule has 7 heteroatoms. The number of allylic oxidation sites excluding steroid dienone is 2. The maximum atomic E-state index is 12.1. The summed E-state index contributed by atoms with van der Waals surface area (Å²) in [5.74, 6) is 1.14. The van der Waals surface area contributed by atoms with Gasteiger partial charge in [0, 0.05) is 30.4 Å². The Hall–Kier alpha value is -0.920. The topological polar surface area (TPSA) is 55.8 Å². The maximum Gasteiger partial charge on any atom is 0.306 e. The van der Waals surface area contributed by atoms with E-state index >= 15 is 0 Å². The minimum atomic E-state index is -0.0541. The number of unbranched alkanes of at least 4 members (excludes halogenated alkanes) is 17. The zero-order valence-corrected chi connectivity index (χ0v) is 36.8. The lowest BCUT2D eigenvalue weighted by Crippen LogP contribution is -2.28. The number of esters is 2. The van der Waals surface area contributed by atoms with Crippen LogP contribution in [0, 0.1) is 5.41 Å². The van der Waals surface area contributed by atoms with Gasteiger partial charge in [-0.25, -0.2) is 0 Å². The van der Waals surface area contributed by atoms with Gasteiger partial charge in [-0.1, -0.05) is 170 Å². The van der Waals surface area contributed by atoms with Crippen molar-refractivity contribution in [1.82, 2.24) is 4.90 Å². The molecule has 0 aromatic heterocycles. The van der Waals surface area contributed by atoms with Crippen LogP contribution in [0.3, 0.4) is 0 Å². The van der Waals surface area contributed by atoms with Crippen molar-refractivity contribution in [1.29, 1.82) is 0 Å². The second kappa shape index (κ2) is 38.4. The summed E-state index contributed by atoms with van der Waals surface area (Å²) in [6.07, 6.45) is 39.8. The molecular formula is C45H85NO4S2. The molecule has 0 unspecified atom stereocenters. The predicted molar refractivity (Wildman–Crippen MR) is 232 cm³/mol. The van der Waals surface area contributed by atoms with Gasteiger partial charge in [0.1, 0.15) is 13.2 Å². The SMILES string of the molecule is CCCCCC/C=C\COC(=O)CCCCCCCC(CCCCCCCC(=O)OC/C=C\CCCCCC)SSCCCCC(C)(C)CN(C)C. The average Bonchev–Trinajstić information content (AvgIpc) is 3.10. The fourth-order valence-electron chi connectivity index (χ4n) is 6.60. The van der Waals surface area contributed by atoms with Crippen LogP contribution in [0.2, 0.25) is 0 Å². The van der Waals surface area contributed by atoms with Crippen molar-refractivity contribution in [2.45, 2.75) is 206 Å². The lowest BCUT2D eigenvalue weighted by atomic mass is 9.87. The van der Waals surface area contributed by atoms with E-state index < -0.39 is 0 Å². The van der Waals surface area contributed by atoms with Crippen molar-refractivity contribution in [3.63, 3.8) is 0 Å². The molecule has 0 amide bonds. The number of carbonyl (C=O) groups is 2. The molecule has 0 saturated carbocycles. The highest BCUT2D eigenvalue weighted by Gasteiger charge is 2.18. The molecule has 306 valence electrons. The Kier molecular flexibility index (Phi) is 37.7. The summed E-state index contributed by atoms with van der Waals surface area (Å²) < 4.78 is 10.8. The van der Waals surface area contributed by atoms with Crippen molar-refractivity contribution >= 4 is 33.5 Å². The van der Waals surface area contributed by atoms with Crippen LogP contribution in [0.5, 0.6) is 0 Å². The normalized spacial score (nSPS) is 12.2. The van der Waals surface area contributed by atoms with Crippen molar-refractivity contribution in [3.05, 3.63) is 24.3 Å². The van der Waals surface area contributed by atoms with Crippen LogP contribution in [0.4, 0.5) is 0 Å². The third kappa shape index (κ3) is 38.8. The van der Waals surface area contributed by atoms with Gasteiger partial charge < -0.3 is 14.4 Å². The lowest BCUT2D eigenvalue weighted by molar-refractivity contribution is -0.143. The Labute approximate surface area is 331 Å². The smallest absolute Gasteiger partial charge is 0.306 e. The molecule has 0 radical (unpaired) electrons. The number of rotatable bonds is 39. The van der Waals surface area contributed by atoms with E-state index in [-0.39, 0.29) is 11.9 Å². The zero-order valence-electron chi connectivity index (χ0n) is 35.2. The Bertz CT molecular complexity index is 808. The molecule has 52 heavy (non-hydrogen) atoms. The van der Waals surface area contributed by atoms with E-state index in [9.17, 15) is 9.59 Å². The summed E-state index contributed by atoms with van der Waals surface area (Å²) in [6, 6.07) is 0. The van der Waals surface area contributed by atoms with Crippen molar-refractivity contribution < 1.29 is 19.1 Å². The molecule has 0 heterocycles.